The van der Waals surface area contributed by atoms with E-state index in [1.54, 1.807) is 19.1 Å². The number of rotatable bonds is 7. The van der Waals surface area contributed by atoms with Crippen LogP contribution in [0.1, 0.15) is 30.2 Å². The largest absolute Gasteiger partial charge is 0.384 e. The smallest absolute Gasteiger partial charge is 0.242 e. The fourth-order valence-corrected chi connectivity index (χ4v) is 4.31. The van der Waals surface area contributed by atoms with E-state index >= 15 is 0 Å². The second-order valence-corrected chi connectivity index (χ2v) is 8.85. The van der Waals surface area contributed by atoms with Gasteiger partial charge in [-0.2, -0.15) is 0 Å². The number of carbonyl (C=O) groups is 2. The fraction of sp³-hybridized carbons (Fsp3) is 0.409. The molecule has 1 aliphatic heterocycles. The second kappa shape index (κ2) is 13.2. The van der Waals surface area contributed by atoms with Gasteiger partial charge in [0.15, 0.2) is 0 Å². The Morgan fingerprint density at radius 2 is 1.88 bits per heavy atom. The third-order valence-corrected chi connectivity index (χ3v) is 5.84. The molecule has 1 aliphatic rings. The number of benzene rings is 1. The molecule has 3 atom stereocenters. The van der Waals surface area contributed by atoms with Gasteiger partial charge in [0, 0.05) is 22.3 Å². The molecule has 33 heavy (non-hydrogen) atoms. The number of carbonyl (C=O) groups excluding carboxylic acids is 2. The van der Waals surface area contributed by atoms with Gasteiger partial charge >= 0.3 is 0 Å². The number of hydrogen-bond donors (Lipinski definition) is 4. The van der Waals surface area contributed by atoms with Crippen LogP contribution in [0.25, 0.3) is 0 Å². The predicted molar refractivity (Wildman–Crippen MR) is 137 cm³/mol. The Morgan fingerprint density at radius 1 is 1.21 bits per heavy atom. The van der Waals surface area contributed by atoms with Crippen molar-refractivity contribution in [1.29, 1.82) is 0 Å². The number of anilines is 1. The van der Waals surface area contributed by atoms with Crippen molar-refractivity contribution in [1.82, 2.24) is 20.9 Å². The number of halogens is 4. The molecule has 1 saturated heterocycles. The van der Waals surface area contributed by atoms with Crippen LogP contribution in [0.2, 0.25) is 10.0 Å². The Bertz CT molecular complexity index is 956. The van der Waals surface area contributed by atoms with Gasteiger partial charge in [-0.25, -0.2) is 4.98 Å². The zero-order valence-electron chi connectivity index (χ0n) is 18.4. The van der Waals surface area contributed by atoms with Gasteiger partial charge in [0.25, 0.3) is 0 Å². The number of aryl methyl sites for hydroxylation is 1. The van der Waals surface area contributed by atoms with Crippen LogP contribution >= 0.6 is 48.0 Å². The van der Waals surface area contributed by atoms with Crippen molar-refractivity contribution in [2.45, 2.75) is 45.3 Å². The number of pyridine rings is 1. The van der Waals surface area contributed by atoms with Gasteiger partial charge in [-0.3, -0.25) is 9.59 Å². The van der Waals surface area contributed by atoms with E-state index in [2.05, 4.69) is 20.9 Å². The SMILES string of the molecule is Cc1nc(N)ccc1CNC(=O)[C@H](C)NC(=O)[C@H]1C[C@H](Cc2cc(Cl)cc(Cl)c2)CN1.Cl.Cl. The standard InChI is InChI=1S/C22H27Cl2N5O2.2ClH/c1-12-16(3-4-20(25)28-12)11-27-21(30)13(2)29-22(31)19-8-15(10-26-19)5-14-6-17(23)9-18(24)7-14;;/h3-4,6-7,9,13,15,19,26H,5,8,10-11H2,1-2H3,(H2,25,28)(H,27,30)(H,29,31);2*1H/t13-,15-,19+;;/m0../s1. The van der Waals surface area contributed by atoms with Gasteiger partial charge in [0.1, 0.15) is 11.9 Å². The maximum atomic E-state index is 12.6. The summed E-state index contributed by atoms with van der Waals surface area (Å²) in [5, 5.41) is 10.1. The molecule has 182 valence electrons. The number of amides is 2. The minimum Gasteiger partial charge on any atom is -0.384 e. The van der Waals surface area contributed by atoms with Crippen molar-refractivity contribution >= 4 is 65.6 Å². The first-order valence-electron chi connectivity index (χ1n) is 10.2. The van der Waals surface area contributed by atoms with Gasteiger partial charge in [0.2, 0.25) is 11.8 Å². The van der Waals surface area contributed by atoms with Gasteiger partial charge in [0.05, 0.1) is 6.04 Å². The molecule has 0 unspecified atom stereocenters. The van der Waals surface area contributed by atoms with Crippen LogP contribution in [0, 0.1) is 12.8 Å². The molecule has 0 radical (unpaired) electrons. The highest BCUT2D eigenvalue weighted by Gasteiger charge is 2.31. The molecule has 3 rings (SSSR count). The molecular weight excluding hydrogens is 508 g/mol. The molecule has 0 aliphatic carbocycles. The van der Waals surface area contributed by atoms with Crippen molar-refractivity contribution in [3.8, 4) is 0 Å². The summed E-state index contributed by atoms with van der Waals surface area (Å²) in [6, 6.07) is 8.03. The maximum Gasteiger partial charge on any atom is 0.242 e. The van der Waals surface area contributed by atoms with Crippen molar-refractivity contribution in [3.05, 3.63) is 57.2 Å². The summed E-state index contributed by atoms with van der Waals surface area (Å²) in [5.41, 5.74) is 8.34. The second-order valence-electron chi connectivity index (χ2n) is 7.97. The highest BCUT2D eigenvalue weighted by molar-refractivity contribution is 6.34. The summed E-state index contributed by atoms with van der Waals surface area (Å²) in [4.78, 5) is 29.2. The molecule has 0 saturated carbocycles. The number of hydrogen-bond acceptors (Lipinski definition) is 5. The number of nitrogens with zero attached hydrogens (tertiary/aromatic N) is 1. The Kier molecular flexibility index (Phi) is 11.7. The summed E-state index contributed by atoms with van der Waals surface area (Å²) in [7, 11) is 0. The van der Waals surface area contributed by atoms with Crippen LogP contribution in [-0.4, -0.2) is 35.4 Å². The van der Waals surface area contributed by atoms with E-state index in [0.717, 1.165) is 23.2 Å². The zero-order chi connectivity index (χ0) is 22.5. The van der Waals surface area contributed by atoms with Crippen LogP contribution in [0.3, 0.4) is 0 Å². The molecule has 0 spiro atoms. The Morgan fingerprint density at radius 3 is 2.52 bits per heavy atom. The van der Waals surface area contributed by atoms with Crippen molar-refractivity contribution in [3.63, 3.8) is 0 Å². The van der Waals surface area contributed by atoms with Gasteiger partial charge in [-0.05, 0) is 74.5 Å². The van der Waals surface area contributed by atoms with E-state index in [0.29, 0.717) is 35.4 Å². The van der Waals surface area contributed by atoms with Gasteiger partial charge in [-0.1, -0.05) is 29.3 Å². The van der Waals surface area contributed by atoms with Crippen molar-refractivity contribution < 1.29 is 9.59 Å². The summed E-state index contributed by atoms with van der Waals surface area (Å²) in [6.07, 6.45) is 1.46. The lowest BCUT2D eigenvalue weighted by molar-refractivity contribution is -0.129. The molecular formula is C22H29Cl4N5O2. The van der Waals surface area contributed by atoms with Crippen molar-refractivity contribution in [2.24, 2.45) is 5.92 Å². The molecule has 2 aromatic rings. The van der Waals surface area contributed by atoms with Crippen LogP contribution in [0.15, 0.2) is 30.3 Å². The Labute approximate surface area is 216 Å². The van der Waals surface area contributed by atoms with E-state index < -0.39 is 6.04 Å². The molecule has 0 bridgehead atoms. The fourth-order valence-electron chi connectivity index (χ4n) is 3.74. The number of nitrogens with one attached hydrogen (secondary N) is 3. The quantitative estimate of drug-likeness (QED) is 0.433. The Hall–Kier alpha value is -1.77. The molecule has 1 aromatic heterocycles. The van der Waals surface area contributed by atoms with Crippen LogP contribution in [-0.2, 0) is 22.6 Å². The third kappa shape index (κ3) is 8.50. The molecule has 2 amide bonds. The predicted octanol–water partition coefficient (Wildman–Crippen LogP) is 3.46. The average Bonchev–Trinajstić information content (AvgIpc) is 3.14. The number of nitrogen functional groups attached to an aromatic ring is 1. The summed E-state index contributed by atoms with van der Waals surface area (Å²) >= 11 is 12.1. The molecule has 2 heterocycles. The summed E-state index contributed by atoms with van der Waals surface area (Å²) in [6.45, 7) is 4.54. The lowest BCUT2D eigenvalue weighted by Gasteiger charge is -2.17. The first-order chi connectivity index (χ1) is 14.7. The van der Waals surface area contributed by atoms with Crippen LogP contribution in [0.5, 0.6) is 0 Å². The lowest BCUT2D eigenvalue weighted by Crippen LogP contribution is -2.50. The highest BCUT2D eigenvalue weighted by Crippen LogP contribution is 2.24. The topological polar surface area (TPSA) is 109 Å². The average molecular weight is 537 g/mol. The van der Waals surface area contributed by atoms with Gasteiger partial charge < -0.3 is 21.7 Å². The minimum atomic E-state index is -0.651. The highest BCUT2D eigenvalue weighted by atomic mass is 35.5. The zero-order valence-corrected chi connectivity index (χ0v) is 21.5. The maximum absolute atomic E-state index is 12.6. The molecule has 1 aromatic carbocycles. The Balaban J connectivity index is 0.00000272. The summed E-state index contributed by atoms with van der Waals surface area (Å²) < 4.78 is 0. The van der Waals surface area contributed by atoms with E-state index in [1.165, 1.54) is 0 Å². The first kappa shape index (κ1) is 29.3. The van der Waals surface area contributed by atoms with Crippen molar-refractivity contribution in [2.75, 3.05) is 12.3 Å². The van der Waals surface area contributed by atoms with E-state index in [-0.39, 0.29) is 48.6 Å². The molecule has 5 N–H and O–H groups in total. The van der Waals surface area contributed by atoms with Crippen LogP contribution < -0.4 is 21.7 Å². The number of nitrogens with two attached hydrogens (primary N) is 1. The monoisotopic (exact) mass is 535 g/mol. The molecule has 11 heteroatoms. The molecule has 7 nitrogen and oxygen atoms in total. The van der Waals surface area contributed by atoms with E-state index in [9.17, 15) is 9.59 Å². The first-order valence-corrected chi connectivity index (χ1v) is 11.0. The molecule has 1 fully saturated rings. The lowest BCUT2D eigenvalue weighted by atomic mass is 9.96. The van der Waals surface area contributed by atoms with Gasteiger partial charge in [-0.15, -0.1) is 24.8 Å². The minimum absolute atomic E-state index is 0. The normalized spacial score (nSPS) is 17.9. The summed E-state index contributed by atoms with van der Waals surface area (Å²) in [5.74, 6) is 0.289. The van der Waals surface area contributed by atoms with E-state index in [4.69, 9.17) is 28.9 Å². The third-order valence-electron chi connectivity index (χ3n) is 5.41. The van der Waals surface area contributed by atoms with E-state index in [1.807, 2.05) is 25.1 Å². The van der Waals surface area contributed by atoms with Crippen LogP contribution in [0.4, 0.5) is 5.82 Å². The number of aromatic nitrogens is 1.